The molecular weight excluding hydrogens is 246 g/mol. The average molecular weight is 256 g/mol. The molecule has 0 aliphatic heterocycles. The van der Waals surface area contributed by atoms with E-state index in [-0.39, 0.29) is 11.7 Å². The number of aryl methyl sites for hydroxylation is 1. The Balaban J connectivity index is 2.15. The molecule has 1 N–H and O–H groups in total. The highest BCUT2D eigenvalue weighted by Gasteiger charge is 2.21. The van der Waals surface area contributed by atoms with Crippen molar-refractivity contribution in [3.63, 3.8) is 0 Å². The van der Waals surface area contributed by atoms with Gasteiger partial charge in [0, 0.05) is 6.20 Å². The van der Waals surface area contributed by atoms with Crippen LogP contribution in [0, 0.1) is 6.92 Å². The zero-order valence-electron chi connectivity index (χ0n) is 9.42. The number of aromatic nitrogens is 4. The van der Waals surface area contributed by atoms with Gasteiger partial charge < -0.3 is 9.63 Å². The van der Waals surface area contributed by atoms with Crippen LogP contribution in [-0.4, -0.2) is 37.7 Å². The summed E-state index contributed by atoms with van der Waals surface area (Å²) in [4.78, 5) is 11.9. The Morgan fingerprint density at radius 2 is 2.17 bits per heavy atom. The lowest BCUT2D eigenvalue weighted by molar-refractivity contribution is -0.00754. The Kier molecular flexibility index (Phi) is 3.56. The van der Waals surface area contributed by atoms with Crippen molar-refractivity contribution in [2.24, 2.45) is 0 Å². The zero-order chi connectivity index (χ0) is 13.1. The highest BCUT2D eigenvalue weighted by atomic mass is 19.3. The first-order chi connectivity index (χ1) is 8.56. The summed E-state index contributed by atoms with van der Waals surface area (Å²) in [5.41, 5.74) is 0.434. The average Bonchev–Trinajstić information content (AvgIpc) is 2.77. The van der Waals surface area contributed by atoms with Gasteiger partial charge in [-0.2, -0.15) is 4.98 Å². The number of rotatable bonds is 4. The molecule has 8 heteroatoms. The van der Waals surface area contributed by atoms with E-state index in [1.54, 1.807) is 13.0 Å². The van der Waals surface area contributed by atoms with E-state index in [9.17, 15) is 8.78 Å². The van der Waals surface area contributed by atoms with Crippen molar-refractivity contribution in [1.82, 2.24) is 20.1 Å². The van der Waals surface area contributed by atoms with Crippen LogP contribution in [0.25, 0.3) is 11.5 Å². The summed E-state index contributed by atoms with van der Waals surface area (Å²) in [5.74, 6) is 0.650. The van der Waals surface area contributed by atoms with Gasteiger partial charge in [-0.3, -0.25) is 0 Å². The smallest absolute Gasteiger partial charge is 0.264 e. The van der Waals surface area contributed by atoms with Crippen LogP contribution < -0.4 is 0 Å². The molecule has 96 valence electrons. The second kappa shape index (κ2) is 5.13. The van der Waals surface area contributed by atoms with Crippen LogP contribution in [0.3, 0.4) is 0 Å². The van der Waals surface area contributed by atoms with Crippen LogP contribution >= 0.6 is 0 Å². The molecule has 0 aliphatic rings. The molecule has 2 heterocycles. The Bertz CT molecular complexity index is 532. The number of hydrogen-bond acceptors (Lipinski definition) is 6. The quantitative estimate of drug-likeness (QED) is 0.878. The lowest BCUT2D eigenvalue weighted by atomic mass is 10.2. The molecule has 0 amide bonds. The first-order valence-corrected chi connectivity index (χ1v) is 5.15. The third kappa shape index (κ3) is 2.83. The first kappa shape index (κ1) is 12.5. The number of hydrogen-bond donors (Lipinski definition) is 1. The number of aliphatic hydroxyl groups is 1. The van der Waals surface area contributed by atoms with E-state index >= 15 is 0 Å². The molecule has 1 unspecified atom stereocenters. The molecule has 2 aromatic rings. The Hall–Kier alpha value is -1.96. The van der Waals surface area contributed by atoms with Crippen LogP contribution in [0.2, 0.25) is 0 Å². The second-order valence-electron chi connectivity index (χ2n) is 3.61. The monoisotopic (exact) mass is 256 g/mol. The summed E-state index contributed by atoms with van der Waals surface area (Å²) >= 11 is 0. The van der Waals surface area contributed by atoms with Crippen LogP contribution in [-0.2, 0) is 6.42 Å². The van der Waals surface area contributed by atoms with E-state index in [4.69, 9.17) is 9.63 Å². The maximum absolute atomic E-state index is 12.1. The van der Waals surface area contributed by atoms with Crippen LogP contribution in [0.5, 0.6) is 0 Å². The van der Waals surface area contributed by atoms with E-state index in [1.807, 2.05) is 0 Å². The number of halogens is 2. The standard InChI is InChI=1S/C10H10F2N4O2/c1-5-13-3-2-6(14-5)10-15-8(18-16-10)4-7(17)9(11)12/h2-3,7,9,17H,4H2,1H3. The fourth-order valence-corrected chi connectivity index (χ4v) is 1.29. The first-order valence-electron chi connectivity index (χ1n) is 5.15. The molecule has 0 aromatic carbocycles. The summed E-state index contributed by atoms with van der Waals surface area (Å²) in [6, 6.07) is 1.57. The minimum absolute atomic E-state index is 0.0611. The van der Waals surface area contributed by atoms with Gasteiger partial charge >= 0.3 is 0 Å². The SMILES string of the molecule is Cc1nccc(-c2noc(CC(O)C(F)F)n2)n1. The predicted octanol–water partition coefficient (Wildman–Crippen LogP) is 1.00. The van der Waals surface area contributed by atoms with Crippen molar-refractivity contribution in [3.05, 3.63) is 24.0 Å². The van der Waals surface area contributed by atoms with E-state index in [1.165, 1.54) is 6.20 Å². The zero-order valence-corrected chi connectivity index (χ0v) is 9.42. The van der Waals surface area contributed by atoms with Crippen LogP contribution in [0.1, 0.15) is 11.7 Å². The molecule has 18 heavy (non-hydrogen) atoms. The van der Waals surface area contributed by atoms with Crippen molar-refractivity contribution < 1.29 is 18.4 Å². The minimum atomic E-state index is -2.85. The topological polar surface area (TPSA) is 84.9 Å². The van der Waals surface area contributed by atoms with E-state index in [2.05, 4.69) is 20.1 Å². The number of nitrogens with zero attached hydrogens (tertiary/aromatic N) is 4. The van der Waals surface area contributed by atoms with Gasteiger partial charge in [0.2, 0.25) is 11.7 Å². The Morgan fingerprint density at radius 1 is 1.39 bits per heavy atom. The van der Waals surface area contributed by atoms with Gasteiger partial charge in [0.15, 0.2) is 0 Å². The third-order valence-electron chi connectivity index (χ3n) is 2.15. The number of aliphatic hydroxyl groups excluding tert-OH is 1. The minimum Gasteiger partial charge on any atom is -0.387 e. The number of alkyl halides is 2. The molecule has 0 saturated carbocycles. The highest BCUT2D eigenvalue weighted by Crippen LogP contribution is 2.14. The molecule has 1 atom stereocenters. The molecule has 0 spiro atoms. The third-order valence-corrected chi connectivity index (χ3v) is 2.15. The molecule has 6 nitrogen and oxygen atoms in total. The molecule has 0 bridgehead atoms. The summed E-state index contributed by atoms with van der Waals surface area (Å²) in [5, 5.41) is 12.6. The summed E-state index contributed by atoms with van der Waals surface area (Å²) < 4.78 is 29.0. The van der Waals surface area contributed by atoms with Gasteiger partial charge in [-0.25, -0.2) is 18.7 Å². The van der Waals surface area contributed by atoms with Crippen molar-refractivity contribution in [1.29, 1.82) is 0 Å². The molecule has 0 radical (unpaired) electrons. The van der Waals surface area contributed by atoms with Crippen LogP contribution in [0.4, 0.5) is 8.78 Å². The van der Waals surface area contributed by atoms with Gasteiger partial charge in [-0.15, -0.1) is 0 Å². The maximum Gasteiger partial charge on any atom is 0.264 e. The Labute approximate surface area is 101 Å². The van der Waals surface area contributed by atoms with Gasteiger partial charge in [-0.1, -0.05) is 5.16 Å². The summed E-state index contributed by atoms with van der Waals surface area (Å²) in [6.07, 6.45) is -3.52. The highest BCUT2D eigenvalue weighted by molar-refractivity contribution is 5.46. The van der Waals surface area contributed by atoms with Crippen LogP contribution in [0.15, 0.2) is 16.8 Å². The molecular formula is C10H10F2N4O2. The Morgan fingerprint density at radius 3 is 2.83 bits per heavy atom. The summed E-state index contributed by atoms with van der Waals surface area (Å²) in [7, 11) is 0. The van der Waals surface area contributed by atoms with Gasteiger partial charge in [0.1, 0.15) is 17.6 Å². The van der Waals surface area contributed by atoms with Crippen molar-refractivity contribution in [3.8, 4) is 11.5 Å². The largest absolute Gasteiger partial charge is 0.387 e. The molecule has 2 aromatic heterocycles. The van der Waals surface area contributed by atoms with Gasteiger partial charge in [-0.05, 0) is 13.0 Å². The molecule has 0 saturated heterocycles. The fourth-order valence-electron chi connectivity index (χ4n) is 1.29. The van der Waals surface area contributed by atoms with Crippen molar-refractivity contribution in [2.45, 2.75) is 25.9 Å². The molecule has 0 fully saturated rings. The molecule has 2 rings (SSSR count). The van der Waals surface area contributed by atoms with Gasteiger partial charge in [0.05, 0.1) is 6.42 Å². The van der Waals surface area contributed by atoms with Crippen molar-refractivity contribution >= 4 is 0 Å². The normalized spacial score (nSPS) is 12.9. The van der Waals surface area contributed by atoms with E-state index in [0.717, 1.165) is 0 Å². The van der Waals surface area contributed by atoms with Crippen molar-refractivity contribution in [2.75, 3.05) is 0 Å². The fraction of sp³-hybridized carbons (Fsp3) is 0.400. The molecule has 0 aliphatic carbocycles. The summed E-state index contributed by atoms with van der Waals surface area (Å²) in [6.45, 7) is 1.70. The van der Waals surface area contributed by atoms with E-state index < -0.39 is 19.0 Å². The maximum atomic E-state index is 12.1. The lowest BCUT2D eigenvalue weighted by Crippen LogP contribution is -2.20. The lowest BCUT2D eigenvalue weighted by Gasteiger charge is -2.04. The van der Waals surface area contributed by atoms with E-state index in [0.29, 0.717) is 11.5 Å². The van der Waals surface area contributed by atoms with Gasteiger partial charge in [0.25, 0.3) is 6.43 Å². The second-order valence-corrected chi connectivity index (χ2v) is 3.61. The predicted molar refractivity (Wildman–Crippen MR) is 55.8 cm³/mol.